The van der Waals surface area contributed by atoms with Gasteiger partial charge in [0.2, 0.25) is 0 Å². The van der Waals surface area contributed by atoms with Crippen molar-refractivity contribution < 1.29 is 14.3 Å². The number of hydrogen-bond donors (Lipinski definition) is 1. The van der Waals surface area contributed by atoms with Gasteiger partial charge < -0.3 is 14.4 Å². The summed E-state index contributed by atoms with van der Waals surface area (Å²) in [6.07, 6.45) is 3.67. The van der Waals surface area contributed by atoms with Crippen molar-refractivity contribution in [1.29, 1.82) is 0 Å². The second kappa shape index (κ2) is 6.61. The highest BCUT2D eigenvalue weighted by Gasteiger charge is 2.32. The molecule has 5 nitrogen and oxygen atoms in total. The predicted octanol–water partition coefficient (Wildman–Crippen LogP) is 1.23. The molecule has 0 spiro atoms. The molecular formula is C14H21ClN2O3. The van der Waals surface area contributed by atoms with Crippen molar-refractivity contribution in [2.75, 3.05) is 32.7 Å². The quantitative estimate of drug-likeness (QED) is 0.909. The first-order valence-corrected chi connectivity index (χ1v) is 6.97. The minimum absolute atomic E-state index is 0. The van der Waals surface area contributed by atoms with Gasteiger partial charge in [-0.15, -0.1) is 12.4 Å². The van der Waals surface area contributed by atoms with E-state index in [9.17, 15) is 9.90 Å². The van der Waals surface area contributed by atoms with E-state index < -0.39 is 0 Å². The molecule has 1 aliphatic heterocycles. The molecule has 3 rings (SSSR count). The second-order valence-electron chi connectivity index (χ2n) is 5.47. The monoisotopic (exact) mass is 300 g/mol. The first-order valence-electron chi connectivity index (χ1n) is 6.97. The summed E-state index contributed by atoms with van der Waals surface area (Å²) in [5.74, 6) is 0.890. The number of nitrogens with zero attached hydrogens (tertiary/aromatic N) is 2. The molecule has 6 heteroatoms. The van der Waals surface area contributed by atoms with Gasteiger partial charge in [0.05, 0.1) is 12.4 Å². The van der Waals surface area contributed by atoms with Crippen LogP contribution in [0.25, 0.3) is 0 Å². The third-order valence-corrected chi connectivity index (χ3v) is 4.00. The maximum absolute atomic E-state index is 12.1. The van der Waals surface area contributed by atoms with Gasteiger partial charge in [-0.1, -0.05) is 0 Å². The van der Waals surface area contributed by atoms with Crippen LogP contribution in [0.4, 0.5) is 0 Å². The van der Waals surface area contributed by atoms with E-state index in [0.29, 0.717) is 24.8 Å². The lowest BCUT2D eigenvalue weighted by atomic mass is 10.2. The van der Waals surface area contributed by atoms with Crippen LogP contribution in [0.3, 0.4) is 0 Å². The van der Waals surface area contributed by atoms with Crippen molar-refractivity contribution in [1.82, 2.24) is 9.80 Å². The largest absolute Gasteiger partial charge is 0.459 e. The zero-order chi connectivity index (χ0) is 13.2. The fraction of sp³-hybridized carbons (Fsp3) is 0.643. The zero-order valence-electron chi connectivity index (χ0n) is 11.4. The molecule has 0 aromatic carbocycles. The SMILES string of the molecule is Cl.O=C(c1ccco1)N1CCN(CC(O)C2CC2)CC1. The van der Waals surface area contributed by atoms with Gasteiger partial charge in [0.25, 0.3) is 5.91 Å². The van der Waals surface area contributed by atoms with Crippen molar-refractivity contribution in [2.24, 2.45) is 5.92 Å². The lowest BCUT2D eigenvalue weighted by Gasteiger charge is -2.35. The molecule has 1 amide bonds. The van der Waals surface area contributed by atoms with Crippen LogP contribution in [0.15, 0.2) is 22.8 Å². The molecule has 2 aliphatic rings. The number of aliphatic hydroxyl groups excluding tert-OH is 1. The third kappa shape index (κ3) is 3.53. The first kappa shape index (κ1) is 15.4. The van der Waals surface area contributed by atoms with E-state index in [-0.39, 0.29) is 24.4 Å². The Morgan fingerprint density at radius 3 is 2.60 bits per heavy atom. The Kier molecular flexibility index (Phi) is 5.07. The van der Waals surface area contributed by atoms with Gasteiger partial charge >= 0.3 is 0 Å². The molecule has 20 heavy (non-hydrogen) atoms. The molecule has 1 N–H and O–H groups in total. The van der Waals surface area contributed by atoms with Crippen molar-refractivity contribution in [3.63, 3.8) is 0 Å². The minimum atomic E-state index is -0.188. The van der Waals surface area contributed by atoms with Crippen LogP contribution in [-0.4, -0.2) is 59.6 Å². The molecule has 2 fully saturated rings. The number of carbonyl (C=O) groups excluding carboxylic acids is 1. The lowest BCUT2D eigenvalue weighted by molar-refractivity contribution is 0.0468. The molecule has 1 atom stereocenters. The van der Waals surface area contributed by atoms with E-state index in [0.717, 1.165) is 32.5 Å². The van der Waals surface area contributed by atoms with Gasteiger partial charge in [-0.05, 0) is 30.9 Å². The molecule has 2 heterocycles. The van der Waals surface area contributed by atoms with Crippen molar-refractivity contribution in [3.05, 3.63) is 24.2 Å². The fourth-order valence-corrected chi connectivity index (χ4v) is 2.58. The fourth-order valence-electron chi connectivity index (χ4n) is 2.58. The summed E-state index contributed by atoms with van der Waals surface area (Å²) >= 11 is 0. The smallest absolute Gasteiger partial charge is 0.289 e. The molecule has 1 saturated heterocycles. The molecule has 0 radical (unpaired) electrons. The van der Waals surface area contributed by atoms with Gasteiger partial charge in [0.15, 0.2) is 5.76 Å². The topological polar surface area (TPSA) is 56.9 Å². The van der Waals surface area contributed by atoms with Crippen molar-refractivity contribution in [2.45, 2.75) is 18.9 Å². The number of β-amino-alcohol motifs (C(OH)–C–C–N with tert-alkyl or cyclic N) is 1. The Bertz CT molecular complexity index is 426. The van der Waals surface area contributed by atoms with Gasteiger partial charge in [0, 0.05) is 32.7 Å². The number of piperazine rings is 1. The molecule has 112 valence electrons. The Hall–Kier alpha value is -1.04. The summed E-state index contributed by atoms with van der Waals surface area (Å²) in [5.41, 5.74) is 0. The van der Waals surface area contributed by atoms with Crippen molar-refractivity contribution >= 4 is 18.3 Å². The van der Waals surface area contributed by atoms with Crippen LogP contribution in [0.5, 0.6) is 0 Å². The average molecular weight is 301 g/mol. The number of furan rings is 1. The summed E-state index contributed by atoms with van der Waals surface area (Å²) in [7, 11) is 0. The highest BCUT2D eigenvalue weighted by Crippen LogP contribution is 2.32. The first-order chi connectivity index (χ1) is 9.24. The van der Waals surface area contributed by atoms with Crippen LogP contribution in [0, 0.1) is 5.92 Å². The average Bonchev–Trinajstić information content (AvgIpc) is 3.14. The Morgan fingerprint density at radius 2 is 2.05 bits per heavy atom. The Morgan fingerprint density at radius 1 is 1.35 bits per heavy atom. The number of amides is 1. The number of carbonyl (C=O) groups is 1. The highest BCUT2D eigenvalue weighted by atomic mass is 35.5. The number of halogens is 1. The van der Waals surface area contributed by atoms with E-state index in [2.05, 4.69) is 4.90 Å². The van der Waals surface area contributed by atoms with Gasteiger partial charge in [-0.25, -0.2) is 0 Å². The molecule has 1 saturated carbocycles. The second-order valence-corrected chi connectivity index (χ2v) is 5.47. The number of aliphatic hydroxyl groups is 1. The summed E-state index contributed by atoms with van der Waals surface area (Å²) in [6.45, 7) is 3.81. The van der Waals surface area contributed by atoms with Gasteiger partial charge in [0.1, 0.15) is 0 Å². The molecular weight excluding hydrogens is 280 g/mol. The van der Waals surface area contributed by atoms with E-state index in [1.807, 2.05) is 4.90 Å². The third-order valence-electron chi connectivity index (χ3n) is 4.00. The van der Waals surface area contributed by atoms with Gasteiger partial charge in [-0.3, -0.25) is 9.69 Å². The molecule has 0 bridgehead atoms. The zero-order valence-corrected chi connectivity index (χ0v) is 12.2. The number of rotatable bonds is 4. The summed E-state index contributed by atoms with van der Waals surface area (Å²) in [6, 6.07) is 3.43. The summed E-state index contributed by atoms with van der Waals surface area (Å²) < 4.78 is 5.13. The number of hydrogen-bond acceptors (Lipinski definition) is 4. The summed E-state index contributed by atoms with van der Waals surface area (Å²) in [5, 5.41) is 9.93. The van der Waals surface area contributed by atoms with Crippen LogP contribution in [0.1, 0.15) is 23.4 Å². The van der Waals surface area contributed by atoms with E-state index in [4.69, 9.17) is 4.42 Å². The Labute approximate surface area is 124 Å². The minimum Gasteiger partial charge on any atom is -0.459 e. The van der Waals surface area contributed by atoms with Crippen LogP contribution >= 0.6 is 12.4 Å². The standard InChI is InChI=1S/C14H20N2O3.ClH/c17-12(11-3-4-11)10-15-5-7-16(8-6-15)14(18)13-2-1-9-19-13;/h1-2,9,11-12,17H,3-8,10H2;1H. The molecule has 1 unspecified atom stereocenters. The van der Waals surface area contributed by atoms with E-state index in [1.54, 1.807) is 12.1 Å². The highest BCUT2D eigenvalue weighted by molar-refractivity contribution is 5.91. The molecule has 1 aromatic heterocycles. The molecule has 1 aliphatic carbocycles. The summed E-state index contributed by atoms with van der Waals surface area (Å²) in [4.78, 5) is 16.1. The van der Waals surface area contributed by atoms with E-state index in [1.165, 1.54) is 6.26 Å². The lowest BCUT2D eigenvalue weighted by Crippen LogP contribution is -2.50. The van der Waals surface area contributed by atoms with Crippen LogP contribution in [0.2, 0.25) is 0 Å². The Balaban J connectivity index is 0.00000147. The predicted molar refractivity (Wildman–Crippen MR) is 77.0 cm³/mol. The van der Waals surface area contributed by atoms with Crippen LogP contribution < -0.4 is 0 Å². The molecule has 1 aromatic rings. The maximum atomic E-state index is 12.1. The van der Waals surface area contributed by atoms with Gasteiger partial charge in [-0.2, -0.15) is 0 Å². The van der Waals surface area contributed by atoms with Crippen LogP contribution in [-0.2, 0) is 0 Å². The normalized spacial score (nSPS) is 21.4. The van der Waals surface area contributed by atoms with E-state index >= 15 is 0 Å². The maximum Gasteiger partial charge on any atom is 0.289 e. The van der Waals surface area contributed by atoms with Crippen molar-refractivity contribution in [3.8, 4) is 0 Å².